The number of hydrogen-bond donors (Lipinski definition) is 3. The maximum Gasteiger partial charge on any atom is 0.315 e. The molecule has 4 rings (SSSR count). The van der Waals surface area contributed by atoms with Gasteiger partial charge in [-0.2, -0.15) is 0 Å². The van der Waals surface area contributed by atoms with E-state index >= 15 is 0 Å². The Bertz CT molecular complexity index is 1090. The minimum Gasteiger partial charge on any atom is -0.335 e. The highest BCUT2D eigenvalue weighted by Gasteiger charge is 2.32. The van der Waals surface area contributed by atoms with Crippen molar-refractivity contribution < 1.29 is 9.59 Å². The highest BCUT2D eigenvalue weighted by molar-refractivity contribution is 8.00. The van der Waals surface area contributed by atoms with Crippen LogP contribution in [0.5, 0.6) is 0 Å². The number of hydrogen-bond acceptors (Lipinski definition) is 5. The van der Waals surface area contributed by atoms with Gasteiger partial charge < -0.3 is 20.3 Å². The molecule has 0 radical (unpaired) electrons. The van der Waals surface area contributed by atoms with Crippen LogP contribution in [0.1, 0.15) is 10.4 Å². The van der Waals surface area contributed by atoms with E-state index < -0.39 is 0 Å². The molecular weight excluding hydrogens is 410 g/mol. The number of urea groups is 1. The maximum atomic E-state index is 12.6. The first-order valence-corrected chi connectivity index (χ1v) is 10.8. The summed E-state index contributed by atoms with van der Waals surface area (Å²) in [4.78, 5) is 31.5. The smallest absolute Gasteiger partial charge is 0.315 e. The number of para-hydroxylation sites is 1. The molecule has 31 heavy (non-hydrogen) atoms. The lowest BCUT2D eigenvalue weighted by molar-refractivity contribution is 0.0577. The van der Waals surface area contributed by atoms with E-state index in [4.69, 9.17) is 0 Å². The SMILES string of the molecule is C=CCNC(=O)NC1CN(C(=O)c2ccc(NSc3cccc4cccnc34)cc2)C1. The molecular formula is C23H23N5O2S. The van der Waals surface area contributed by atoms with E-state index in [2.05, 4.69) is 26.9 Å². The average molecular weight is 434 g/mol. The highest BCUT2D eigenvalue weighted by atomic mass is 32.2. The minimum absolute atomic E-state index is 0.0274. The number of fused-ring (bicyclic) bond motifs is 1. The van der Waals surface area contributed by atoms with Gasteiger partial charge in [0.05, 0.1) is 16.5 Å². The number of rotatable bonds is 7. The van der Waals surface area contributed by atoms with Gasteiger partial charge in [-0.05, 0) is 48.3 Å². The number of nitrogens with zero attached hydrogens (tertiary/aromatic N) is 2. The lowest BCUT2D eigenvalue weighted by Crippen LogP contribution is -2.62. The Morgan fingerprint density at radius 2 is 1.90 bits per heavy atom. The largest absolute Gasteiger partial charge is 0.335 e. The van der Waals surface area contributed by atoms with Crippen LogP contribution in [0.4, 0.5) is 10.5 Å². The molecule has 0 spiro atoms. The van der Waals surface area contributed by atoms with E-state index in [0.717, 1.165) is 21.5 Å². The lowest BCUT2D eigenvalue weighted by Gasteiger charge is -2.39. The Labute approximate surface area is 185 Å². The molecule has 1 aromatic heterocycles. The Hall–Kier alpha value is -3.52. The van der Waals surface area contributed by atoms with Crippen LogP contribution in [0.3, 0.4) is 0 Å². The molecule has 0 aliphatic carbocycles. The second kappa shape index (κ2) is 9.53. The van der Waals surface area contributed by atoms with Gasteiger partial charge >= 0.3 is 6.03 Å². The van der Waals surface area contributed by atoms with E-state index in [0.29, 0.717) is 25.2 Å². The van der Waals surface area contributed by atoms with E-state index in [1.807, 2.05) is 54.6 Å². The standard InChI is InChI=1S/C23H23N5O2S/c1-2-12-25-23(30)26-19-14-28(15-19)22(29)17-8-10-18(11-9-17)27-31-20-7-3-5-16-6-4-13-24-21(16)20/h2-11,13,19,27H,1,12,14-15H2,(H2,25,26,30). The van der Waals surface area contributed by atoms with Gasteiger partial charge in [-0.15, -0.1) is 6.58 Å². The summed E-state index contributed by atoms with van der Waals surface area (Å²) >= 11 is 1.49. The molecule has 7 nitrogen and oxygen atoms in total. The average Bonchev–Trinajstić information content (AvgIpc) is 2.78. The number of nitrogens with one attached hydrogen (secondary N) is 3. The molecule has 3 amide bonds. The topological polar surface area (TPSA) is 86.4 Å². The Kier molecular flexibility index (Phi) is 6.37. The summed E-state index contributed by atoms with van der Waals surface area (Å²) in [5.41, 5.74) is 2.47. The number of carbonyl (C=O) groups is 2. The van der Waals surface area contributed by atoms with E-state index in [-0.39, 0.29) is 18.0 Å². The summed E-state index contributed by atoms with van der Waals surface area (Å²) in [5.74, 6) is -0.0398. The molecule has 2 aromatic carbocycles. The number of likely N-dealkylation sites (tertiary alicyclic amines) is 1. The molecule has 158 valence electrons. The summed E-state index contributed by atoms with van der Waals surface area (Å²) in [6.07, 6.45) is 3.41. The zero-order valence-corrected chi connectivity index (χ0v) is 17.7. The van der Waals surface area contributed by atoms with Crippen molar-refractivity contribution in [2.75, 3.05) is 24.4 Å². The number of anilines is 1. The van der Waals surface area contributed by atoms with Gasteiger partial charge in [0.1, 0.15) is 0 Å². The van der Waals surface area contributed by atoms with Crippen molar-refractivity contribution in [1.82, 2.24) is 20.5 Å². The lowest BCUT2D eigenvalue weighted by atomic mass is 10.1. The quantitative estimate of drug-likeness (QED) is 0.391. The zero-order chi connectivity index (χ0) is 21.6. The summed E-state index contributed by atoms with van der Waals surface area (Å²) in [5, 5.41) is 6.59. The summed E-state index contributed by atoms with van der Waals surface area (Å²) in [6, 6.07) is 17.2. The molecule has 0 unspecified atom stereocenters. The van der Waals surface area contributed by atoms with E-state index in [9.17, 15) is 9.59 Å². The first-order chi connectivity index (χ1) is 15.1. The summed E-state index contributed by atoms with van der Waals surface area (Å²) in [6.45, 7) is 4.98. The summed E-state index contributed by atoms with van der Waals surface area (Å²) in [7, 11) is 0. The zero-order valence-electron chi connectivity index (χ0n) is 16.9. The normalized spacial score (nSPS) is 13.4. The Morgan fingerprint density at radius 3 is 2.68 bits per heavy atom. The number of amides is 3. The fourth-order valence-corrected chi connectivity index (χ4v) is 4.05. The summed E-state index contributed by atoms with van der Waals surface area (Å²) < 4.78 is 3.31. The van der Waals surface area contributed by atoms with Crippen LogP contribution in [0, 0.1) is 0 Å². The Balaban J connectivity index is 1.29. The molecule has 3 aromatic rings. The fourth-order valence-electron chi connectivity index (χ4n) is 3.27. The van der Waals surface area contributed by atoms with Crippen molar-refractivity contribution in [3.63, 3.8) is 0 Å². The second-order valence-corrected chi connectivity index (χ2v) is 8.01. The number of carbonyl (C=O) groups excluding carboxylic acids is 2. The fraction of sp³-hybridized carbons (Fsp3) is 0.174. The predicted octanol–water partition coefficient (Wildman–Crippen LogP) is 3.66. The van der Waals surface area contributed by atoms with Crippen LogP contribution >= 0.6 is 11.9 Å². The first kappa shape index (κ1) is 20.7. The van der Waals surface area contributed by atoms with Crippen LogP contribution in [0.15, 0.2) is 78.3 Å². The third-order valence-corrected chi connectivity index (χ3v) is 5.80. The minimum atomic E-state index is -0.244. The van der Waals surface area contributed by atoms with Crippen molar-refractivity contribution in [3.05, 3.63) is 79.0 Å². The van der Waals surface area contributed by atoms with Gasteiger partial charge in [-0.3, -0.25) is 9.78 Å². The van der Waals surface area contributed by atoms with Crippen molar-refractivity contribution in [1.29, 1.82) is 0 Å². The van der Waals surface area contributed by atoms with Gasteiger partial charge in [0.25, 0.3) is 5.91 Å². The monoisotopic (exact) mass is 433 g/mol. The number of aromatic nitrogens is 1. The molecule has 1 saturated heterocycles. The molecule has 8 heteroatoms. The molecule has 0 saturated carbocycles. The molecule has 1 aliphatic rings. The predicted molar refractivity (Wildman–Crippen MR) is 124 cm³/mol. The molecule has 1 aliphatic heterocycles. The number of benzene rings is 2. The third kappa shape index (κ3) is 4.97. The molecule has 3 N–H and O–H groups in total. The third-order valence-electron chi connectivity index (χ3n) is 4.92. The Morgan fingerprint density at radius 1 is 1.13 bits per heavy atom. The van der Waals surface area contributed by atoms with Gasteiger partial charge in [0.2, 0.25) is 0 Å². The first-order valence-electron chi connectivity index (χ1n) is 9.95. The maximum absolute atomic E-state index is 12.6. The highest BCUT2D eigenvalue weighted by Crippen LogP contribution is 2.27. The molecule has 0 atom stereocenters. The van der Waals surface area contributed by atoms with Crippen molar-refractivity contribution in [2.45, 2.75) is 10.9 Å². The van der Waals surface area contributed by atoms with Crippen LogP contribution < -0.4 is 15.4 Å². The second-order valence-electron chi connectivity index (χ2n) is 7.16. The van der Waals surface area contributed by atoms with Crippen LogP contribution in [0.25, 0.3) is 10.9 Å². The van der Waals surface area contributed by atoms with Gasteiger partial charge in [-0.1, -0.05) is 24.3 Å². The molecule has 0 bridgehead atoms. The van der Waals surface area contributed by atoms with Crippen molar-refractivity contribution in [2.24, 2.45) is 0 Å². The van der Waals surface area contributed by atoms with E-state index in [1.165, 1.54) is 11.9 Å². The van der Waals surface area contributed by atoms with Gasteiger partial charge in [-0.25, -0.2) is 4.79 Å². The van der Waals surface area contributed by atoms with Gasteiger partial charge in [0.15, 0.2) is 0 Å². The number of pyridine rings is 1. The van der Waals surface area contributed by atoms with Gasteiger partial charge in [0, 0.05) is 42.5 Å². The van der Waals surface area contributed by atoms with Crippen LogP contribution in [-0.2, 0) is 0 Å². The molecule has 1 fully saturated rings. The van der Waals surface area contributed by atoms with Crippen molar-refractivity contribution in [3.8, 4) is 0 Å². The van der Waals surface area contributed by atoms with E-state index in [1.54, 1.807) is 17.2 Å². The molecule has 2 heterocycles. The van der Waals surface area contributed by atoms with Crippen molar-refractivity contribution >= 4 is 40.5 Å². The van der Waals surface area contributed by atoms with Crippen LogP contribution in [-0.4, -0.2) is 47.5 Å². The van der Waals surface area contributed by atoms with Crippen LogP contribution in [0.2, 0.25) is 0 Å².